The molecule has 0 radical (unpaired) electrons. The van der Waals surface area contributed by atoms with Gasteiger partial charge in [-0.05, 0) is 25.1 Å². The molecular formula is C21H28N6O6S. The lowest BCUT2D eigenvalue weighted by atomic mass is 10.3. The maximum atomic E-state index is 12.9. The van der Waals surface area contributed by atoms with E-state index >= 15 is 0 Å². The largest absolute Gasteiger partial charge is 0.492 e. The molecular weight excluding hydrogens is 464 g/mol. The van der Waals surface area contributed by atoms with E-state index in [1.165, 1.54) is 45.0 Å². The number of imidazole rings is 1. The van der Waals surface area contributed by atoms with Crippen LogP contribution in [0.25, 0.3) is 11.2 Å². The second-order valence-electron chi connectivity index (χ2n) is 7.49. The Labute approximate surface area is 196 Å². The summed E-state index contributed by atoms with van der Waals surface area (Å²) in [5.41, 5.74) is -0.851. The summed E-state index contributed by atoms with van der Waals surface area (Å²) in [5, 5.41) is 2.58. The molecule has 0 fully saturated rings. The molecule has 184 valence electrons. The van der Waals surface area contributed by atoms with Crippen molar-refractivity contribution < 1.29 is 17.9 Å². The van der Waals surface area contributed by atoms with Gasteiger partial charge < -0.3 is 14.6 Å². The molecule has 0 bridgehead atoms. The number of hydrogen-bond acceptors (Lipinski definition) is 7. The molecule has 3 rings (SSSR count). The molecule has 1 aromatic carbocycles. The van der Waals surface area contributed by atoms with E-state index in [9.17, 15) is 22.8 Å². The predicted octanol–water partition coefficient (Wildman–Crippen LogP) is 0.502. The summed E-state index contributed by atoms with van der Waals surface area (Å²) >= 11 is 0. The first-order valence-electron chi connectivity index (χ1n) is 10.7. The minimum absolute atomic E-state index is 0.0145. The second kappa shape index (κ2) is 9.81. The van der Waals surface area contributed by atoms with Gasteiger partial charge in [0.05, 0.1) is 23.5 Å². The zero-order chi connectivity index (χ0) is 25.2. The third-order valence-electron chi connectivity index (χ3n) is 5.37. The van der Waals surface area contributed by atoms with E-state index in [0.29, 0.717) is 0 Å². The van der Waals surface area contributed by atoms with Crippen LogP contribution in [0, 0.1) is 0 Å². The molecule has 0 aliphatic rings. The van der Waals surface area contributed by atoms with Gasteiger partial charge in [0.1, 0.15) is 12.3 Å². The molecule has 3 aromatic rings. The molecule has 2 heterocycles. The summed E-state index contributed by atoms with van der Waals surface area (Å²) in [6.07, 6.45) is 1.41. The van der Waals surface area contributed by atoms with E-state index in [0.717, 1.165) is 4.57 Å². The number of carbonyl (C=O) groups is 1. The number of benzene rings is 1. The summed E-state index contributed by atoms with van der Waals surface area (Å²) in [6, 6.07) is 4.18. The Morgan fingerprint density at radius 1 is 1.15 bits per heavy atom. The molecule has 13 heteroatoms. The number of carbonyl (C=O) groups excluding carboxylic acids is 1. The quantitative estimate of drug-likeness (QED) is 0.459. The molecule has 0 saturated carbocycles. The van der Waals surface area contributed by atoms with Crippen molar-refractivity contribution in [2.24, 2.45) is 14.1 Å². The van der Waals surface area contributed by atoms with Gasteiger partial charge in [-0.15, -0.1) is 0 Å². The number of nitrogens with one attached hydrogen (secondary N) is 1. The average molecular weight is 493 g/mol. The van der Waals surface area contributed by atoms with Gasteiger partial charge in [0.15, 0.2) is 11.2 Å². The number of anilines is 1. The van der Waals surface area contributed by atoms with E-state index in [4.69, 9.17) is 4.74 Å². The third-order valence-corrected chi connectivity index (χ3v) is 7.42. The Morgan fingerprint density at radius 2 is 1.82 bits per heavy atom. The molecule has 1 amide bonds. The number of ether oxygens (including phenoxy) is 1. The van der Waals surface area contributed by atoms with E-state index < -0.39 is 33.7 Å². The van der Waals surface area contributed by atoms with Gasteiger partial charge in [0, 0.05) is 27.2 Å². The van der Waals surface area contributed by atoms with Gasteiger partial charge in [-0.1, -0.05) is 13.8 Å². The molecule has 1 N–H and O–H groups in total. The van der Waals surface area contributed by atoms with E-state index in [-0.39, 0.29) is 47.2 Å². The van der Waals surface area contributed by atoms with Gasteiger partial charge in [-0.25, -0.2) is 22.8 Å². The van der Waals surface area contributed by atoms with Gasteiger partial charge in [-0.2, -0.15) is 4.31 Å². The van der Waals surface area contributed by atoms with E-state index in [1.807, 2.05) is 0 Å². The SMILES string of the molecule is CCOc1ccc(S(=O)(=O)N(CC)CC)cc1NC(=O)Cn1c(=O)c2c(ncn2C)n(C)c1=O. The number of nitrogens with zero attached hydrogens (tertiary/aromatic N) is 5. The molecule has 0 unspecified atom stereocenters. The smallest absolute Gasteiger partial charge is 0.332 e. The topological polar surface area (TPSA) is 138 Å². The van der Waals surface area contributed by atoms with Crippen LogP contribution in [-0.2, 0) is 35.5 Å². The Bertz CT molecular complexity index is 1450. The first-order chi connectivity index (χ1) is 16.1. The van der Waals surface area contributed by atoms with Crippen LogP contribution in [0.2, 0.25) is 0 Å². The fourth-order valence-electron chi connectivity index (χ4n) is 3.63. The van der Waals surface area contributed by atoms with Crippen LogP contribution in [0.5, 0.6) is 5.75 Å². The summed E-state index contributed by atoms with van der Waals surface area (Å²) in [5.74, 6) is -0.434. The van der Waals surface area contributed by atoms with Crippen LogP contribution in [0.3, 0.4) is 0 Å². The van der Waals surface area contributed by atoms with Crippen LogP contribution in [-0.4, -0.2) is 57.0 Å². The lowest BCUT2D eigenvalue weighted by Crippen LogP contribution is -2.42. The highest BCUT2D eigenvalue weighted by Crippen LogP contribution is 2.29. The summed E-state index contributed by atoms with van der Waals surface area (Å²) in [6.45, 7) is 5.49. The second-order valence-corrected chi connectivity index (χ2v) is 9.43. The number of hydrogen-bond donors (Lipinski definition) is 1. The maximum absolute atomic E-state index is 12.9. The normalized spacial score (nSPS) is 11.8. The zero-order valence-electron chi connectivity index (χ0n) is 19.7. The van der Waals surface area contributed by atoms with E-state index in [1.54, 1.807) is 27.8 Å². The number of sulfonamides is 1. The van der Waals surface area contributed by atoms with E-state index in [2.05, 4.69) is 10.3 Å². The zero-order valence-corrected chi connectivity index (χ0v) is 20.5. The summed E-state index contributed by atoms with van der Waals surface area (Å²) in [4.78, 5) is 42.5. The number of aryl methyl sites for hydroxylation is 2. The number of fused-ring (bicyclic) bond motifs is 1. The molecule has 0 atom stereocenters. The van der Waals surface area contributed by atoms with Gasteiger partial charge in [0.2, 0.25) is 15.9 Å². The minimum Gasteiger partial charge on any atom is -0.492 e. The predicted molar refractivity (Wildman–Crippen MR) is 127 cm³/mol. The van der Waals surface area contributed by atoms with Gasteiger partial charge >= 0.3 is 5.69 Å². The van der Waals surface area contributed by atoms with Gasteiger partial charge in [-0.3, -0.25) is 14.2 Å². The van der Waals surface area contributed by atoms with Crippen molar-refractivity contribution in [2.75, 3.05) is 25.0 Å². The fourth-order valence-corrected chi connectivity index (χ4v) is 5.11. The van der Waals surface area contributed by atoms with Crippen LogP contribution in [0.15, 0.2) is 39.0 Å². The Balaban J connectivity index is 2.00. The summed E-state index contributed by atoms with van der Waals surface area (Å²) < 4.78 is 36.1. The molecule has 0 aliphatic heterocycles. The molecule has 12 nitrogen and oxygen atoms in total. The van der Waals surface area contributed by atoms with Crippen molar-refractivity contribution >= 4 is 32.8 Å². The Kier molecular flexibility index (Phi) is 7.26. The minimum atomic E-state index is -3.78. The van der Waals surface area contributed by atoms with Crippen LogP contribution < -0.4 is 21.3 Å². The standard InChI is InChI=1S/C21H28N6O6S/c1-6-26(7-2)34(31,32)14-9-10-16(33-8-3)15(11-14)23-17(28)12-27-20(29)18-19(22-13-24(18)4)25(5)21(27)30/h9-11,13H,6-8,12H2,1-5H3,(H,23,28). The molecule has 0 spiro atoms. The van der Waals surface area contributed by atoms with Crippen molar-refractivity contribution in [3.8, 4) is 5.75 Å². The van der Waals surface area contributed by atoms with Crippen molar-refractivity contribution in [1.29, 1.82) is 0 Å². The molecule has 2 aromatic heterocycles. The highest BCUT2D eigenvalue weighted by molar-refractivity contribution is 7.89. The highest BCUT2D eigenvalue weighted by atomic mass is 32.2. The van der Waals surface area contributed by atoms with Gasteiger partial charge in [0.25, 0.3) is 5.56 Å². The number of amides is 1. The lowest BCUT2D eigenvalue weighted by molar-refractivity contribution is -0.116. The molecule has 0 aliphatic carbocycles. The molecule has 34 heavy (non-hydrogen) atoms. The summed E-state index contributed by atoms with van der Waals surface area (Å²) in [7, 11) is -0.712. The van der Waals surface area contributed by atoms with Crippen LogP contribution in [0.4, 0.5) is 5.69 Å². The number of rotatable bonds is 9. The third kappa shape index (κ3) is 4.48. The van der Waals surface area contributed by atoms with Crippen LogP contribution >= 0.6 is 0 Å². The molecule has 0 saturated heterocycles. The van der Waals surface area contributed by atoms with Crippen molar-refractivity contribution in [2.45, 2.75) is 32.2 Å². The maximum Gasteiger partial charge on any atom is 0.332 e. The van der Waals surface area contributed by atoms with Crippen molar-refractivity contribution in [3.05, 3.63) is 45.4 Å². The lowest BCUT2D eigenvalue weighted by Gasteiger charge is -2.20. The first kappa shape index (κ1) is 25.2. The Morgan fingerprint density at radius 3 is 2.44 bits per heavy atom. The monoisotopic (exact) mass is 492 g/mol. The average Bonchev–Trinajstić information content (AvgIpc) is 3.18. The van der Waals surface area contributed by atoms with Crippen molar-refractivity contribution in [1.82, 2.24) is 23.0 Å². The fraction of sp³-hybridized carbons (Fsp3) is 0.429. The van der Waals surface area contributed by atoms with Crippen LogP contribution in [0.1, 0.15) is 20.8 Å². The number of aromatic nitrogens is 4. The highest BCUT2D eigenvalue weighted by Gasteiger charge is 2.24. The first-order valence-corrected chi connectivity index (χ1v) is 12.2. The Hall–Kier alpha value is -3.45. The van der Waals surface area contributed by atoms with Crippen molar-refractivity contribution in [3.63, 3.8) is 0 Å².